The Morgan fingerprint density at radius 3 is 2.34 bits per heavy atom. The maximum Gasteiger partial charge on any atom is 0.238 e. The van der Waals surface area contributed by atoms with Crippen LogP contribution >= 0.6 is 0 Å². The predicted octanol–water partition coefficient (Wildman–Crippen LogP) is 3.41. The summed E-state index contributed by atoms with van der Waals surface area (Å²) in [6.07, 6.45) is 2.40. The van der Waals surface area contributed by atoms with E-state index in [4.69, 9.17) is 0 Å². The van der Waals surface area contributed by atoms with E-state index in [9.17, 15) is 9.59 Å². The molecule has 0 aromatic heterocycles. The number of piperazine rings is 1. The van der Waals surface area contributed by atoms with E-state index in [-0.39, 0.29) is 11.8 Å². The van der Waals surface area contributed by atoms with E-state index < -0.39 is 0 Å². The lowest BCUT2D eigenvalue weighted by atomic mass is 10.1. The lowest BCUT2D eigenvalue weighted by Crippen LogP contribution is -2.50. The van der Waals surface area contributed by atoms with Crippen molar-refractivity contribution in [2.45, 2.75) is 33.1 Å². The van der Waals surface area contributed by atoms with Gasteiger partial charge in [0, 0.05) is 38.3 Å². The van der Waals surface area contributed by atoms with Crippen LogP contribution in [0.2, 0.25) is 0 Å². The standard InChI is InChI=1S/C24H31N3O2/c1-19-11-12-22(17-20(19)2)25-23(28)18-26-13-15-27(16-14-26)24(29)10-6-9-21-7-4-3-5-8-21/h3-5,7-8,11-12,17H,6,9-10,13-16,18H2,1-2H3,(H,25,28). The van der Waals surface area contributed by atoms with Gasteiger partial charge in [-0.1, -0.05) is 36.4 Å². The number of rotatable bonds is 7. The molecule has 1 fully saturated rings. The summed E-state index contributed by atoms with van der Waals surface area (Å²) in [7, 11) is 0. The molecule has 0 unspecified atom stereocenters. The average Bonchev–Trinajstić information content (AvgIpc) is 2.72. The van der Waals surface area contributed by atoms with Crippen molar-refractivity contribution >= 4 is 17.5 Å². The molecule has 5 heteroatoms. The quantitative estimate of drug-likeness (QED) is 0.784. The second kappa shape index (κ2) is 10.2. The Balaban J connectivity index is 1.36. The molecule has 1 saturated heterocycles. The molecule has 5 nitrogen and oxygen atoms in total. The molecule has 154 valence electrons. The molecule has 0 radical (unpaired) electrons. The van der Waals surface area contributed by atoms with Crippen LogP contribution in [-0.2, 0) is 16.0 Å². The fraction of sp³-hybridized carbons (Fsp3) is 0.417. The summed E-state index contributed by atoms with van der Waals surface area (Å²) in [5.41, 5.74) is 4.50. The van der Waals surface area contributed by atoms with E-state index >= 15 is 0 Å². The van der Waals surface area contributed by atoms with Crippen molar-refractivity contribution in [3.63, 3.8) is 0 Å². The van der Waals surface area contributed by atoms with Crippen LogP contribution in [0.25, 0.3) is 0 Å². The van der Waals surface area contributed by atoms with E-state index in [0.717, 1.165) is 31.6 Å². The SMILES string of the molecule is Cc1ccc(NC(=O)CN2CCN(C(=O)CCCc3ccccc3)CC2)cc1C. The van der Waals surface area contributed by atoms with E-state index in [2.05, 4.69) is 29.3 Å². The molecule has 1 heterocycles. The van der Waals surface area contributed by atoms with Gasteiger partial charge in [-0.15, -0.1) is 0 Å². The average molecular weight is 394 g/mol. The zero-order valence-corrected chi connectivity index (χ0v) is 17.5. The van der Waals surface area contributed by atoms with Crippen molar-refractivity contribution in [3.05, 3.63) is 65.2 Å². The van der Waals surface area contributed by atoms with Gasteiger partial charge in [-0.05, 0) is 55.5 Å². The molecule has 0 spiro atoms. The third-order valence-electron chi connectivity index (χ3n) is 5.58. The second-order valence-corrected chi connectivity index (χ2v) is 7.84. The molecule has 0 aliphatic carbocycles. The smallest absolute Gasteiger partial charge is 0.238 e. The van der Waals surface area contributed by atoms with E-state index in [1.54, 1.807) is 0 Å². The van der Waals surface area contributed by atoms with Crippen molar-refractivity contribution in [1.29, 1.82) is 0 Å². The monoisotopic (exact) mass is 393 g/mol. The minimum absolute atomic E-state index is 0.00380. The minimum Gasteiger partial charge on any atom is -0.340 e. The van der Waals surface area contributed by atoms with Gasteiger partial charge in [-0.25, -0.2) is 0 Å². The number of anilines is 1. The summed E-state index contributed by atoms with van der Waals surface area (Å²) in [6, 6.07) is 16.2. The molecule has 0 saturated carbocycles. The molecular formula is C24H31N3O2. The van der Waals surface area contributed by atoms with Crippen LogP contribution in [0.3, 0.4) is 0 Å². The van der Waals surface area contributed by atoms with Gasteiger partial charge in [0.2, 0.25) is 11.8 Å². The first-order valence-corrected chi connectivity index (χ1v) is 10.4. The van der Waals surface area contributed by atoms with Crippen molar-refractivity contribution in [3.8, 4) is 0 Å². The molecular weight excluding hydrogens is 362 g/mol. The number of nitrogens with one attached hydrogen (secondary N) is 1. The number of carbonyl (C=O) groups excluding carboxylic acids is 2. The van der Waals surface area contributed by atoms with Gasteiger partial charge in [0.05, 0.1) is 6.54 Å². The molecule has 0 bridgehead atoms. The zero-order chi connectivity index (χ0) is 20.6. The molecule has 0 atom stereocenters. The third kappa shape index (κ3) is 6.43. The number of carbonyl (C=O) groups is 2. The summed E-state index contributed by atoms with van der Waals surface area (Å²) in [5.74, 6) is 0.219. The maximum atomic E-state index is 12.4. The third-order valence-corrected chi connectivity index (χ3v) is 5.58. The van der Waals surface area contributed by atoms with Crippen molar-refractivity contribution in [2.24, 2.45) is 0 Å². The molecule has 2 amide bonds. The van der Waals surface area contributed by atoms with Crippen LogP contribution in [-0.4, -0.2) is 54.3 Å². The first-order valence-electron chi connectivity index (χ1n) is 10.4. The molecule has 1 aliphatic rings. The zero-order valence-electron chi connectivity index (χ0n) is 17.5. The minimum atomic E-state index is -0.00380. The summed E-state index contributed by atoms with van der Waals surface area (Å²) in [4.78, 5) is 28.8. The highest BCUT2D eigenvalue weighted by atomic mass is 16.2. The van der Waals surface area contributed by atoms with Crippen LogP contribution in [0, 0.1) is 13.8 Å². The van der Waals surface area contributed by atoms with Crippen LogP contribution in [0.5, 0.6) is 0 Å². The summed E-state index contributed by atoms with van der Waals surface area (Å²) in [5, 5.41) is 2.97. The van der Waals surface area contributed by atoms with Crippen LogP contribution in [0.4, 0.5) is 5.69 Å². The fourth-order valence-corrected chi connectivity index (χ4v) is 3.62. The van der Waals surface area contributed by atoms with Gasteiger partial charge in [0.15, 0.2) is 0 Å². The lowest BCUT2D eigenvalue weighted by Gasteiger charge is -2.34. The number of hydrogen-bond acceptors (Lipinski definition) is 3. The van der Waals surface area contributed by atoms with Gasteiger partial charge < -0.3 is 10.2 Å². The number of aryl methyl sites for hydroxylation is 3. The maximum absolute atomic E-state index is 12.4. The van der Waals surface area contributed by atoms with Crippen LogP contribution in [0.15, 0.2) is 48.5 Å². The second-order valence-electron chi connectivity index (χ2n) is 7.84. The topological polar surface area (TPSA) is 52.7 Å². The molecule has 3 rings (SSSR count). The Bertz CT molecular complexity index is 827. The number of benzene rings is 2. The number of amides is 2. The Morgan fingerprint density at radius 2 is 1.66 bits per heavy atom. The Labute approximate surface area is 173 Å². The normalized spacial score (nSPS) is 14.6. The first kappa shape index (κ1) is 21.1. The Hall–Kier alpha value is -2.66. The summed E-state index contributed by atoms with van der Waals surface area (Å²) in [6.45, 7) is 7.34. The number of nitrogens with zero attached hydrogens (tertiary/aromatic N) is 2. The molecule has 2 aromatic carbocycles. The summed E-state index contributed by atoms with van der Waals surface area (Å²) < 4.78 is 0. The first-order chi connectivity index (χ1) is 14.0. The van der Waals surface area contributed by atoms with Gasteiger partial charge in [-0.2, -0.15) is 0 Å². The van der Waals surface area contributed by atoms with Gasteiger partial charge in [0.1, 0.15) is 0 Å². The van der Waals surface area contributed by atoms with Gasteiger partial charge in [-0.3, -0.25) is 14.5 Å². The van der Waals surface area contributed by atoms with Gasteiger partial charge >= 0.3 is 0 Å². The number of hydrogen-bond donors (Lipinski definition) is 1. The van der Waals surface area contributed by atoms with Crippen LogP contribution in [0.1, 0.15) is 29.5 Å². The van der Waals surface area contributed by atoms with E-state index in [0.29, 0.717) is 26.1 Å². The predicted molar refractivity (Wildman–Crippen MR) is 117 cm³/mol. The lowest BCUT2D eigenvalue weighted by molar-refractivity contribution is -0.133. The molecule has 29 heavy (non-hydrogen) atoms. The van der Waals surface area contributed by atoms with Crippen molar-refractivity contribution in [2.75, 3.05) is 38.0 Å². The highest BCUT2D eigenvalue weighted by Gasteiger charge is 2.22. The van der Waals surface area contributed by atoms with Crippen LogP contribution < -0.4 is 5.32 Å². The largest absolute Gasteiger partial charge is 0.340 e. The van der Waals surface area contributed by atoms with E-state index in [1.807, 2.05) is 48.2 Å². The van der Waals surface area contributed by atoms with E-state index in [1.165, 1.54) is 16.7 Å². The van der Waals surface area contributed by atoms with Gasteiger partial charge in [0.25, 0.3) is 0 Å². The van der Waals surface area contributed by atoms with Crippen molar-refractivity contribution < 1.29 is 9.59 Å². The van der Waals surface area contributed by atoms with Crippen molar-refractivity contribution in [1.82, 2.24) is 9.80 Å². The highest BCUT2D eigenvalue weighted by Crippen LogP contribution is 2.14. The molecule has 1 aliphatic heterocycles. The Morgan fingerprint density at radius 1 is 0.931 bits per heavy atom. The Kier molecular flexibility index (Phi) is 7.42. The molecule has 2 aromatic rings. The highest BCUT2D eigenvalue weighted by molar-refractivity contribution is 5.92. The summed E-state index contributed by atoms with van der Waals surface area (Å²) >= 11 is 0. The fourth-order valence-electron chi connectivity index (χ4n) is 3.62. The molecule has 1 N–H and O–H groups in total.